The smallest absolute Gasteiger partial charge is 0.230 e. The fourth-order valence-corrected chi connectivity index (χ4v) is 2.79. The molecule has 0 aromatic carbocycles. The maximum Gasteiger partial charge on any atom is 0.230 e. The van der Waals surface area contributed by atoms with E-state index in [1.54, 1.807) is 26.2 Å². The van der Waals surface area contributed by atoms with E-state index in [0.29, 0.717) is 0 Å². The van der Waals surface area contributed by atoms with Gasteiger partial charge in [-0.25, -0.2) is 0 Å². The Kier molecular flexibility index (Phi) is 3.90. The SMILES string of the molecule is CC(C(=O)N1CCCC1C(C)(C)O)c1cccnc1. The van der Waals surface area contributed by atoms with Crippen LogP contribution in [0.3, 0.4) is 0 Å². The van der Waals surface area contributed by atoms with Crippen LogP contribution in [0.5, 0.6) is 0 Å². The van der Waals surface area contributed by atoms with Gasteiger partial charge in [-0.1, -0.05) is 6.07 Å². The van der Waals surface area contributed by atoms with Crippen LogP contribution in [0, 0.1) is 0 Å². The average Bonchev–Trinajstić information content (AvgIpc) is 2.87. The van der Waals surface area contributed by atoms with Crippen LogP contribution >= 0.6 is 0 Å². The summed E-state index contributed by atoms with van der Waals surface area (Å²) in [5.74, 6) is -0.130. The maximum atomic E-state index is 12.6. The van der Waals surface area contributed by atoms with Gasteiger partial charge >= 0.3 is 0 Å². The highest BCUT2D eigenvalue weighted by Crippen LogP contribution is 2.30. The van der Waals surface area contributed by atoms with Crippen molar-refractivity contribution in [2.24, 2.45) is 0 Å². The van der Waals surface area contributed by atoms with Gasteiger partial charge in [-0.2, -0.15) is 0 Å². The van der Waals surface area contributed by atoms with E-state index in [0.717, 1.165) is 24.9 Å². The fourth-order valence-electron chi connectivity index (χ4n) is 2.79. The van der Waals surface area contributed by atoms with Crippen LogP contribution in [-0.4, -0.2) is 39.1 Å². The van der Waals surface area contributed by atoms with E-state index in [9.17, 15) is 9.90 Å². The summed E-state index contributed by atoms with van der Waals surface area (Å²) in [6.45, 7) is 6.19. The third kappa shape index (κ3) is 2.95. The number of pyridine rings is 1. The van der Waals surface area contributed by atoms with Gasteiger partial charge in [0, 0.05) is 18.9 Å². The second-order valence-electron chi connectivity index (χ2n) is 5.85. The van der Waals surface area contributed by atoms with Crippen molar-refractivity contribution in [3.63, 3.8) is 0 Å². The summed E-state index contributed by atoms with van der Waals surface area (Å²) in [5.41, 5.74) is 0.0785. The van der Waals surface area contributed by atoms with Gasteiger partial charge in [0.1, 0.15) is 0 Å². The zero-order valence-electron chi connectivity index (χ0n) is 11.8. The van der Waals surface area contributed by atoms with Crippen LogP contribution in [0.15, 0.2) is 24.5 Å². The van der Waals surface area contributed by atoms with E-state index in [1.807, 2.05) is 24.0 Å². The van der Waals surface area contributed by atoms with Crippen molar-refractivity contribution in [2.75, 3.05) is 6.54 Å². The Hall–Kier alpha value is -1.42. The number of carbonyl (C=O) groups is 1. The Morgan fingerprint density at radius 3 is 2.89 bits per heavy atom. The first-order valence-corrected chi connectivity index (χ1v) is 6.84. The van der Waals surface area contributed by atoms with Crippen molar-refractivity contribution in [1.29, 1.82) is 0 Å². The summed E-state index contributed by atoms with van der Waals surface area (Å²) in [6.07, 6.45) is 5.27. The molecule has 4 heteroatoms. The van der Waals surface area contributed by atoms with Crippen molar-refractivity contribution >= 4 is 5.91 Å². The molecule has 0 radical (unpaired) electrons. The zero-order chi connectivity index (χ0) is 14.0. The van der Waals surface area contributed by atoms with Crippen molar-refractivity contribution in [3.8, 4) is 0 Å². The number of aliphatic hydroxyl groups is 1. The molecule has 4 nitrogen and oxygen atoms in total. The molecular formula is C15H22N2O2. The summed E-state index contributed by atoms with van der Waals surface area (Å²) in [4.78, 5) is 18.5. The van der Waals surface area contributed by atoms with Crippen LogP contribution in [0.1, 0.15) is 45.1 Å². The van der Waals surface area contributed by atoms with Gasteiger partial charge in [0.05, 0.1) is 17.6 Å². The number of aromatic nitrogens is 1. The van der Waals surface area contributed by atoms with Crippen molar-refractivity contribution in [3.05, 3.63) is 30.1 Å². The number of nitrogens with zero attached hydrogens (tertiary/aromatic N) is 2. The monoisotopic (exact) mass is 262 g/mol. The molecule has 2 atom stereocenters. The molecule has 1 fully saturated rings. The molecule has 2 heterocycles. The molecule has 2 rings (SSSR count). The molecule has 1 aromatic rings. The molecule has 19 heavy (non-hydrogen) atoms. The Labute approximate surface area is 114 Å². The minimum atomic E-state index is -0.846. The van der Waals surface area contributed by atoms with Gasteiger partial charge in [0.15, 0.2) is 0 Å². The minimum Gasteiger partial charge on any atom is -0.388 e. The third-order valence-electron chi connectivity index (χ3n) is 3.91. The summed E-state index contributed by atoms with van der Waals surface area (Å²) in [7, 11) is 0. The molecular weight excluding hydrogens is 240 g/mol. The Balaban J connectivity index is 2.15. The molecule has 1 aliphatic heterocycles. The number of rotatable bonds is 3. The van der Waals surface area contributed by atoms with Gasteiger partial charge in [0.25, 0.3) is 0 Å². The molecule has 1 amide bonds. The van der Waals surface area contributed by atoms with Crippen molar-refractivity contribution in [1.82, 2.24) is 9.88 Å². The lowest BCUT2D eigenvalue weighted by Gasteiger charge is -2.35. The molecule has 0 aliphatic carbocycles. The van der Waals surface area contributed by atoms with Crippen LogP contribution < -0.4 is 0 Å². The van der Waals surface area contributed by atoms with E-state index < -0.39 is 5.60 Å². The minimum absolute atomic E-state index is 0.0811. The van der Waals surface area contributed by atoms with Gasteiger partial charge < -0.3 is 10.0 Å². The first-order chi connectivity index (χ1) is 8.91. The highest BCUT2D eigenvalue weighted by atomic mass is 16.3. The van der Waals surface area contributed by atoms with E-state index >= 15 is 0 Å². The van der Waals surface area contributed by atoms with Gasteiger partial charge in [0.2, 0.25) is 5.91 Å². The molecule has 0 bridgehead atoms. The maximum absolute atomic E-state index is 12.6. The van der Waals surface area contributed by atoms with Crippen LogP contribution in [0.2, 0.25) is 0 Å². The van der Waals surface area contributed by atoms with Crippen LogP contribution in [0.4, 0.5) is 0 Å². The average molecular weight is 262 g/mol. The van der Waals surface area contributed by atoms with Crippen molar-refractivity contribution < 1.29 is 9.90 Å². The van der Waals surface area contributed by atoms with Gasteiger partial charge in [-0.15, -0.1) is 0 Å². The largest absolute Gasteiger partial charge is 0.388 e. The second-order valence-corrected chi connectivity index (χ2v) is 5.85. The standard InChI is InChI=1S/C15H22N2O2/c1-11(12-6-4-8-16-10-12)14(18)17-9-5-7-13(17)15(2,3)19/h4,6,8,10-11,13,19H,5,7,9H2,1-3H3. The molecule has 1 saturated heterocycles. The number of likely N-dealkylation sites (tertiary alicyclic amines) is 1. The topological polar surface area (TPSA) is 53.4 Å². The molecule has 104 valence electrons. The number of carbonyl (C=O) groups excluding carboxylic acids is 1. The van der Waals surface area contributed by atoms with Crippen LogP contribution in [0.25, 0.3) is 0 Å². The first-order valence-electron chi connectivity index (χ1n) is 6.84. The normalized spacial score (nSPS) is 21.5. The highest BCUT2D eigenvalue weighted by molar-refractivity contribution is 5.83. The second kappa shape index (κ2) is 5.29. The lowest BCUT2D eigenvalue weighted by atomic mass is 9.94. The summed E-state index contributed by atoms with van der Waals surface area (Å²) in [5, 5.41) is 10.2. The molecule has 1 N–H and O–H groups in total. The molecule has 1 aromatic heterocycles. The number of hydrogen-bond donors (Lipinski definition) is 1. The predicted octanol–water partition coefficient (Wildman–Crippen LogP) is 1.95. The first kappa shape index (κ1) is 14.0. The van der Waals surface area contributed by atoms with E-state index in [4.69, 9.17) is 0 Å². The number of hydrogen-bond acceptors (Lipinski definition) is 3. The Morgan fingerprint density at radius 2 is 2.32 bits per heavy atom. The van der Waals surface area contributed by atoms with Crippen molar-refractivity contribution in [2.45, 2.75) is 51.2 Å². The highest BCUT2D eigenvalue weighted by Gasteiger charge is 2.39. The van der Waals surface area contributed by atoms with Gasteiger partial charge in [-0.3, -0.25) is 9.78 Å². The van der Waals surface area contributed by atoms with Gasteiger partial charge in [-0.05, 0) is 45.2 Å². The Morgan fingerprint density at radius 1 is 1.58 bits per heavy atom. The quantitative estimate of drug-likeness (QED) is 0.905. The van der Waals surface area contributed by atoms with E-state index in [2.05, 4.69) is 4.98 Å². The summed E-state index contributed by atoms with van der Waals surface area (Å²) >= 11 is 0. The molecule has 0 saturated carbocycles. The fraction of sp³-hybridized carbons (Fsp3) is 0.600. The molecule has 1 aliphatic rings. The molecule has 2 unspecified atom stereocenters. The van der Waals surface area contributed by atoms with E-state index in [-0.39, 0.29) is 17.9 Å². The van der Waals surface area contributed by atoms with Crippen LogP contribution in [-0.2, 0) is 4.79 Å². The third-order valence-corrected chi connectivity index (χ3v) is 3.91. The molecule has 0 spiro atoms. The predicted molar refractivity (Wildman–Crippen MR) is 73.7 cm³/mol. The summed E-state index contributed by atoms with van der Waals surface area (Å²) in [6, 6.07) is 3.68. The Bertz CT molecular complexity index is 439. The lowest BCUT2D eigenvalue weighted by Crippen LogP contribution is -2.49. The van der Waals surface area contributed by atoms with E-state index in [1.165, 1.54) is 0 Å². The zero-order valence-corrected chi connectivity index (χ0v) is 11.8. The lowest BCUT2D eigenvalue weighted by molar-refractivity contribution is -0.137. The summed E-state index contributed by atoms with van der Waals surface area (Å²) < 4.78 is 0. The number of amides is 1.